The third-order valence-electron chi connectivity index (χ3n) is 3.75. The van der Waals surface area contributed by atoms with Gasteiger partial charge in [-0.3, -0.25) is 4.79 Å². The summed E-state index contributed by atoms with van der Waals surface area (Å²) in [6.45, 7) is 3.28. The van der Waals surface area contributed by atoms with Crippen molar-refractivity contribution in [3.63, 3.8) is 0 Å². The normalized spacial score (nSPS) is 11.2. The van der Waals surface area contributed by atoms with Crippen LogP contribution in [-0.2, 0) is 11.3 Å². The lowest BCUT2D eigenvalue weighted by atomic mass is 10.2. The number of fused-ring (bicyclic) bond motifs is 1. The molecule has 0 atom stereocenters. The SMILES string of the molecule is CCN(Cc1ccccc1)C(=O)/C=C/c1cnc2ccccn12. The predicted molar refractivity (Wildman–Crippen MR) is 91.8 cm³/mol. The molecule has 0 radical (unpaired) electrons. The quantitative estimate of drug-likeness (QED) is 0.678. The molecule has 0 unspecified atom stereocenters. The van der Waals surface area contributed by atoms with Gasteiger partial charge in [-0.2, -0.15) is 0 Å². The summed E-state index contributed by atoms with van der Waals surface area (Å²) in [6.07, 6.45) is 7.14. The van der Waals surface area contributed by atoms with Gasteiger partial charge in [-0.1, -0.05) is 36.4 Å². The predicted octanol–water partition coefficient (Wildman–Crippen LogP) is 3.40. The topological polar surface area (TPSA) is 37.6 Å². The number of pyridine rings is 1. The van der Waals surface area contributed by atoms with E-state index in [-0.39, 0.29) is 5.91 Å². The molecule has 0 saturated heterocycles. The van der Waals surface area contributed by atoms with E-state index < -0.39 is 0 Å². The van der Waals surface area contributed by atoms with Crippen LogP contribution >= 0.6 is 0 Å². The Morgan fingerprint density at radius 1 is 1.17 bits per heavy atom. The largest absolute Gasteiger partial charge is 0.335 e. The smallest absolute Gasteiger partial charge is 0.246 e. The van der Waals surface area contributed by atoms with Crippen molar-refractivity contribution in [1.82, 2.24) is 14.3 Å². The minimum atomic E-state index is 0.00207. The lowest BCUT2D eigenvalue weighted by Crippen LogP contribution is -2.28. The molecule has 4 nitrogen and oxygen atoms in total. The Hall–Kier alpha value is -2.88. The number of rotatable bonds is 5. The number of carbonyl (C=O) groups excluding carboxylic acids is 1. The monoisotopic (exact) mass is 305 g/mol. The van der Waals surface area contributed by atoms with Crippen LogP contribution in [0.1, 0.15) is 18.2 Å². The van der Waals surface area contributed by atoms with Crippen LogP contribution < -0.4 is 0 Å². The maximum Gasteiger partial charge on any atom is 0.246 e. The first kappa shape index (κ1) is 15.0. The fourth-order valence-electron chi connectivity index (χ4n) is 2.49. The van der Waals surface area contributed by atoms with Gasteiger partial charge in [0.05, 0.1) is 11.9 Å². The van der Waals surface area contributed by atoms with Gasteiger partial charge in [0.25, 0.3) is 0 Å². The van der Waals surface area contributed by atoms with Gasteiger partial charge in [-0.15, -0.1) is 0 Å². The lowest BCUT2D eigenvalue weighted by Gasteiger charge is -2.19. The van der Waals surface area contributed by atoms with E-state index in [1.54, 1.807) is 12.3 Å². The number of benzene rings is 1. The Balaban J connectivity index is 1.74. The minimum absolute atomic E-state index is 0.00207. The summed E-state index contributed by atoms with van der Waals surface area (Å²) in [7, 11) is 0. The molecule has 0 aliphatic carbocycles. The van der Waals surface area contributed by atoms with Crippen molar-refractivity contribution in [2.24, 2.45) is 0 Å². The molecule has 4 heteroatoms. The Morgan fingerprint density at radius 3 is 2.74 bits per heavy atom. The van der Waals surface area contributed by atoms with Crippen molar-refractivity contribution in [3.05, 3.63) is 78.3 Å². The Bertz CT molecular complexity index is 821. The van der Waals surface area contributed by atoms with E-state index in [4.69, 9.17) is 0 Å². The van der Waals surface area contributed by atoms with E-state index in [9.17, 15) is 4.79 Å². The lowest BCUT2D eigenvalue weighted by molar-refractivity contribution is -0.126. The summed E-state index contributed by atoms with van der Waals surface area (Å²) >= 11 is 0. The molecule has 2 aromatic heterocycles. The van der Waals surface area contributed by atoms with Gasteiger partial charge in [-0.25, -0.2) is 4.98 Å². The van der Waals surface area contributed by atoms with Crippen molar-refractivity contribution in [2.75, 3.05) is 6.54 Å². The zero-order valence-corrected chi connectivity index (χ0v) is 13.1. The first-order chi connectivity index (χ1) is 11.3. The first-order valence-corrected chi connectivity index (χ1v) is 7.71. The summed E-state index contributed by atoms with van der Waals surface area (Å²) in [4.78, 5) is 18.6. The third-order valence-corrected chi connectivity index (χ3v) is 3.75. The maximum absolute atomic E-state index is 12.4. The summed E-state index contributed by atoms with van der Waals surface area (Å²) < 4.78 is 1.96. The Labute approximate surface area is 135 Å². The zero-order valence-electron chi connectivity index (χ0n) is 13.1. The highest BCUT2D eigenvalue weighted by Crippen LogP contribution is 2.09. The third kappa shape index (κ3) is 3.48. The molecule has 1 aromatic carbocycles. The maximum atomic E-state index is 12.4. The van der Waals surface area contributed by atoms with Crippen molar-refractivity contribution in [3.8, 4) is 0 Å². The van der Waals surface area contributed by atoms with Gasteiger partial charge in [0, 0.05) is 25.4 Å². The van der Waals surface area contributed by atoms with Crippen LogP contribution in [0.2, 0.25) is 0 Å². The molecule has 0 aliphatic heterocycles. The average Bonchev–Trinajstić information content (AvgIpc) is 3.01. The fraction of sp³-hybridized carbons (Fsp3) is 0.158. The molecular weight excluding hydrogens is 286 g/mol. The molecule has 0 spiro atoms. The van der Waals surface area contributed by atoms with Crippen LogP contribution in [0.4, 0.5) is 0 Å². The highest BCUT2D eigenvalue weighted by Gasteiger charge is 2.09. The molecule has 0 aliphatic rings. The van der Waals surface area contributed by atoms with Crippen LogP contribution in [0, 0.1) is 0 Å². The first-order valence-electron chi connectivity index (χ1n) is 7.71. The Kier molecular flexibility index (Phi) is 4.52. The van der Waals surface area contributed by atoms with Crippen LogP contribution in [0.5, 0.6) is 0 Å². The summed E-state index contributed by atoms with van der Waals surface area (Å²) in [5.41, 5.74) is 2.90. The van der Waals surface area contributed by atoms with Crippen LogP contribution in [0.15, 0.2) is 67.0 Å². The fourth-order valence-corrected chi connectivity index (χ4v) is 2.49. The van der Waals surface area contributed by atoms with Crippen molar-refractivity contribution >= 4 is 17.6 Å². The van der Waals surface area contributed by atoms with Crippen molar-refractivity contribution in [1.29, 1.82) is 0 Å². The van der Waals surface area contributed by atoms with Crippen molar-refractivity contribution < 1.29 is 4.79 Å². The number of nitrogens with zero attached hydrogens (tertiary/aromatic N) is 3. The van der Waals surface area contributed by atoms with Gasteiger partial charge in [-0.05, 0) is 30.7 Å². The molecule has 0 fully saturated rings. The van der Waals surface area contributed by atoms with E-state index >= 15 is 0 Å². The van der Waals surface area contributed by atoms with Gasteiger partial charge in [0.1, 0.15) is 5.65 Å². The molecule has 23 heavy (non-hydrogen) atoms. The number of carbonyl (C=O) groups is 1. The van der Waals surface area contributed by atoms with E-state index in [1.807, 2.05) is 77.0 Å². The van der Waals surface area contributed by atoms with Crippen LogP contribution in [-0.4, -0.2) is 26.7 Å². The van der Waals surface area contributed by atoms with Crippen LogP contribution in [0.25, 0.3) is 11.7 Å². The number of likely N-dealkylation sites (N-methyl/N-ethyl adjacent to an activating group) is 1. The van der Waals surface area contributed by atoms with Crippen molar-refractivity contribution in [2.45, 2.75) is 13.5 Å². The second-order valence-electron chi connectivity index (χ2n) is 5.28. The van der Waals surface area contributed by atoms with E-state index in [1.165, 1.54) is 0 Å². The number of hydrogen-bond donors (Lipinski definition) is 0. The van der Waals surface area contributed by atoms with Gasteiger partial charge in [0.2, 0.25) is 5.91 Å². The summed E-state index contributed by atoms with van der Waals surface area (Å²) in [5.74, 6) is 0.00207. The number of amides is 1. The summed E-state index contributed by atoms with van der Waals surface area (Å²) in [5, 5.41) is 0. The number of aromatic nitrogens is 2. The van der Waals surface area contributed by atoms with E-state index in [2.05, 4.69) is 4.98 Å². The van der Waals surface area contributed by atoms with Crippen LogP contribution in [0.3, 0.4) is 0 Å². The Morgan fingerprint density at radius 2 is 1.96 bits per heavy atom. The van der Waals surface area contributed by atoms with E-state index in [0.717, 1.165) is 16.9 Å². The molecule has 3 rings (SSSR count). The second kappa shape index (κ2) is 6.92. The minimum Gasteiger partial charge on any atom is -0.335 e. The number of hydrogen-bond acceptors (Lipinski definition) is 2. The van der Waals surface area contributed by atoms with Gasteiger partial charge in [0.15, 0.2) is 0 Å². The molecule has 3 aromatic rings. The highest BCUT2D eigenvalue weighted by atomic mass is 16.2. The molecular formula is C19H19N3O. The molecule has 0 bridgehead atoms. The van der Waals surface area contributed by atoms with Gasteiger partial charge < -0.3 is 9.30 Å². The molecule has 0 N–H and O–H groups in total. The molecule has 1 amide bonds. The van der Waals surface area contributed by atoms with E-state index in [0.29, 0.717) is 13.1 Å². The average molecular weight is 305 g/mol. The standard InChI is InChI=1S/C19H19N3O/c1-2-21(15-16-8-4-3-5-9-16)19(23)12-11-17-14-20-18-10-6-7-13-22(17)18/h3-14H,2,15H2,1H3/b12-11+. The zero-order chi connectivity index (χ0) is 16.1. The molecule has 2 heterocycles. The highest BCUT2D eigenvalue weighted by molar-refractivity contribution is 5.91. The molecule has 116 valence electrons. The summed E-state index contributed by atoms with van der Waals surface area (Å²) in [6, 6.07) is 15.8. The molecule has 0 saturated carbocycles. The second-order valence-corrected chi connectivity index (χ2v) is 5.28. The van der Waals surface area contributed by atoms with Gasteiger partial charge >= 0.3 is 0 Å². The number of imidazole rings is 1.